The predicted octanol–water partition coefficient (Wildman–Crippen LogP) is 1.62. The largest absolute Gasteiger partial charge is 0.355 e. The van der Waals surface area contributed by atoms with Crippen LogP contribution in [-0.4, -0.2) is 12.5 Å². The van der Waals surface area contributed by atoms with Crippen LogP contribution in [0.2, 0.25) is 0 Å². The Bertz CT molecular complexity index is 344. The van der Waals surface area contributed by atoms with Gasteiger partial charge in [-0.3, -0.25) is 5.43 Å². The average Bonchev–Trinajstić information content (AvgIpc) is 2.64. The number of nitrogens with one attached hydrogen (secondary N) is 2. The van der Waals surface area contributed by atoms with Gasteiger partial charge >= 0.3 is 0 Å². The number of guanidine groups is 1. The molecule has 1 aromatic rings. The summed E-state index contributed by atoms with van der Waals surface area (Å²) in [6.07, 6.45) is 0. The molecule has 0 spiro atoms. The fraction of sp³-hybridized carbons (Fsp3) is 0.545. The van der Waals surface area contributed by atoms with Gasteiger partial charge in [0.2, 0.25) is 5.96 Å². The first kappa shape index (κ1) is 13.0. The lowest BCUT2D eigenvalue weighted by atomic mass is 10.2. The highest BCUT2D eigenvalue weighted by Gasteiger charge is 2.01. The zero-order valence-corrected chi connectivity index (χ0v) is 10.9. The van der Waals surface area contributed by atoms with Crippen LogP contribution in [0.3, 0.4) is 0 Å². The second kappa shape index (κ2) is 6.50. The molecule has 0 unspecified atom stereocenters. The summed E-state index contributed by atoms with van der Waals surface area (Å²) in [5, 5.41) is 5.25. The lowest BCUT2D eigenvalue weighted by molar-refractivity contribution is 0.615. The third-order valence-corrected chi connectivity index (χ3v) is 3.17. The van der Waals surface area contributed by atoms with E-state index in [9.17, 15) is 0 Å². The SMILES string of the molecule is Cc1ccsc1CN=C(NN)NCC(C)C. The molecule has 0 saturated heterocycles. The number of hydrogen-bond donors (Lipinski definition) is 3. The minimum Gasteiger partial charge on any atom is -0.355 e. The first-order chi connectivity index (χ1) is 7.63. The molecule has 0 amide bonds. The predicted molar refractivity (Wildman–Crippen MR) is 70.4 cm³/mol. The van der Waals surface area contributed by atoms with Crippen molar-refractivity contribution in [1.29, 1.82) is 0 Å². The van der Waals surface area contributed by atoms with E-state index in [4.69, 9.17) is 5.84 Å². The molecule has 0 radical (unpaired) electrons. The third-order valence-electron chi connectivity index (χ3n) is 2.16. The normalized spacial score (nSPS) is 11.9. The Morgan fingerprint density at radius 2 is 2.31 bits per heavy atom. The van der Waals surface area contributed by atoms with E-state index < -0.39 is 0 Å². The summed E-state index contributed by atoms with van der Waals surface area (Å²) in [6.45, 7) is 7.92. The van der Waals surface area contributed by atoms with E-state index in [1.54, 1.807) is 11.3 Å². The molecule has 0 aliphatic rings. The van der Waals surface area contributed by atoms with Crippen LogP contribution in [0.5, 0.6) is 0 Å². The van der Waals surface area contributed by atoms with E-state index >= 15 is 0 Å². The second-order valence-electron chi connectivity index (χ2n) is 4.11. The topological polar surface area (TPSA) is 62.4 Å². The minimum absolute atomic E-state index is 0.571. The van der Waals surface area contributed by atoms with Crippen LogP contribution >= 0.6 is 11.3 Å². The molecule has 1 rings (SSSR count). The zero-order valence-electron chi connectivity index (χ0n) is 10.1. The summed E-state index contributed by atoms with van der Waals surface area (Å²) in [5.74, 6) is 6.62. The van der Waals surface area contributed by atoms with Crippen molar-refractivity contribution in [2.75, 3.05) is 6.54 Å². The van der Waals surface area contributed by atoms with Crippen molar-refractivity contribution in [3.8, 4) is 0 Å². The average molecular weight is 240 g/mol. The molecular formula is C11H20N4S. The molecule has 0 fully saturated rings. The van der Waals surface area contributed by atoms with Crippen LogP contribution in [0.4, 0.5) is 0 Å². The molecule has 16 heavy (non-hydrogen) atoms. The lowest BCUT2D eigenvalue weighted by Crippen LogP contribution is -2.42. The Morgan fingerprint density at radius 3 is 2.81 bits per heavy atom. The summed E-state index contributed by atoms with van der Waals surface area (Å²) in [5.41, 5.74) is 3.87. The van der Waals surface area contributed by atoms with E-state index in [1.807, 2.05) is 0 Å². The highest BCUT2D eigenvalue weighted by atomic mass is 32.1. The molecule has 0 aromatic carbocycles. The highest BCUT2D eigenvalue weighted by Crippen LogP contribution is 2.16. The van der Waals surface area contributed by atoms with E-state index in [0.29, 0.717) is 18.4 Å². The molecule has 90 valence electrons. The summed E-state index contributed by atoms with van der Waals surface area (Å²) in [4.78, 5) is 5.67. The fourth-order valence-electron chi connectivity index (χ4n) is 1.17. The van der Waals surface area contributed by atoms with Crippen molar-refractivity contribution in [3.05, 3.63) is 21.9 Å². The molecule has 5 heteroatoms. The fourth-order valence-corrected chi connectivity index (χ4v) is 2.00. The number of rotatable bonds is 4. The van der Waals surface area contributed by atoms with Gasteiger partial charge in [0.15, 0.2) is 0 Å². The van der Waals surface area contributed by atoms with E-state index in [0.717, 1.165) is 6.54 Å². The zero-order chi connectivity index (χ0) is 12.0. The Morgan fingerprint density at radius 1 is 1.56 bits per heavy atom. The minimum atomic E-state index is 0.571. The van der Waals surface area contributed by atoms with Crippen molar-refractivity contribution in [1.82, 2.24) is 10.7 Å². The molecule has 1 heterocycles. The van der Waals surface area contributed by atoms with Crippen molar-refractivity contribution in [2.24, 2.45) is 16.8 Å². The van der Waals surface area contributed by atoms with Crippen molar-refractivity contribution in [2.45, 2.75) is 27.3 Å². The van der Waals surface area contributed by atoms with E-state index in [2.05, 4.69) is 48.0 Å². The van der Waals surface area contributed by atoms with Gasteiger partial charge in [0.1, 0.15) is 0 Å². The summed E-state index contributed by atoms with van der Waals surface area (Å²) in [7, 11) is 0. The van der Waals surface area contributed by atoms with Crippen LogP contribution in [0.15, 0.2) is 16.4 Å². The highest BCUT2D eigenvalue weighted by molar-refractivity contribution is 7.10. The first-order valence-corrected chi connectivity index (χ1v) is 6.29. The monoisotopic (exact) mass is 240 g/mol. The van der Waals surface area contributed by atoms with Crippen LogP contribution < -0.4 is 16.6 Å². The number of nitrogens with two attached hydrogens (primary N) is 1. The summed E-state index contributed by atoms with van der Waals surface area (Å²) >= 11 is 1.72. The lowest BCUT2D eigenvalue weighted by Gasteiger charge is -2.10. The Labute approximate surface area is 101 Å². The summed E-state index contributed by atoms with van der Waals surface area (Å²) < 4.78 is 0. The molecule has 4 nitrogen and oxygen atoms in total. The van der Waals surface area contributed by atoms with Gasteiger partial charge in [-0.2, -0.15) is 0 Å². The maximum atomic E-state index is 5.40. The maximum Gasteiger partial charge on any atom is 0.206 e. The second-order valence-corrected chi connectivity index (χ2v) is 5.11. The Balaban J connectivity index is 2.50. The molecule has 0 atom stereocenters. The molecule has 0 saturated carbocycles. The van der Waals surface area contributed by atoms with Gasteiger partial charge in [-0.05, 0) is 29.9 Å². The number of hydrazine groups is 1. The van der Waals surface area contributed by atoms with Gasteiger partial charge in [0, 0.05) is 11.4 Å². The smallest absolute Gasteiger partial charge is 0.206 e. The van der Waals surface area contributed by atoms with Gasteiger partial charge in [-0.25, -0.2) is 10.8 Å². The molecule has 1 aromatic heterocycles. The number of aliphatic imine (C=N–C) groups is 1. The van der Waals surface area contributed by atoms with Gasteiger partial charge in [0.25, 0.3) is 0 Å². The summed E-state index contributed by atoms with van der Waals surface area (Å²) in [6, 6.07) is 2.10. The Hall–Kier alpha value is -1.07. The van der Waals surface area contributed by atoms with Gasteiger partial charge in [-0.15, -0.1) is 11.3 Å². The van der Waals surface area contributed by atoms with Gasteiger partial charge in [0.05, 0.1) is 6.54 Å². The standard InChI is InChI=1S/C11H20N4S/c1-8(2)6-13-11(15-12)14-7-10-9(3)4-5-16-10/h4-5,8H,6-7,12H2,1-3H3,(H2,13,14,15). The quantitative estimate of drug-likeness (QED) is 0.324. The van der Waals surface area contributed by atoms with E-state index in [-0.39, 0.29) is 0 Å². The van der Waals surface area contributed by atoms with Crippen LogP contribution in [0, 0.1) is 12.8 Å². The van der Waals surface area contributed by atoms with Crippen molar-refractivity contribution in [3.63, 3.8) is 0 Å². The van der Waals surface area contributed by atoms with Gasteiger partial charge < -0.3 is 5.32 Å². The molecule has 0 bridgehead atoms. The number of hydrogen-bond acceptors (Lipinski definition) is 3. The van der Waals surface area contributed by atoms with E-state index in [1.165, 1.54) is 10.4 Å². The number of nitrogens with zero attached hydrogens (tertiary/aromatic N) is 1. The number of thiophene rings is 1. The van der Waals surface area contributed by atoms with Crippen molar-refractivity contribution < 1.29 is 0 Å². The molecule has 0 aliphatic heterocycles. The molecular weight excluding hydrogens is 220 g/mol. The third kappa shape index (κ3) is 4.20. The molecule has 4 N–H and O–H groups in total. The van der Waals surface area contributed by atoms with Crippen LogP contribution in [0.1, 0.15) is 24.3 Å². The van der Waals surface area contributed by atoms with Crippen LogP contribution in [-0.2, 0) is 6.54 Å². The number of aryl methyl sites for hydroxylation is 1. The Kier molecular flexibility index (Phi) is 5.28. The first-order valence-electron chi connectivity index (χ1n) is 5.41. The molecule has 0 aliphatic carbocycles. The van der Waals surface area contributed by atoms with Crippen molar-refractivity contribution >= 4 is 17.3 Å². The van der Waals surface area contributed by atoms with Crippen LogP contribution in [0.25, 0.3) is 0 Å². The maximum absolute atomic E-state index is 5.40. The van der Waals surface area contributed by atoms with Gasteiger partial charge in [-0.1, -0.05) is 13.8 Å².